The van der Waals surface area contributed by atoms with Gasteiger partial charge in [-0.05, 0) is 47.8 Å². The van der Waals surface area contributed by atoms with Crippen molar-refractivity contribution in [1.82, 2.24) is 4.98 Å². The van der Waals surface area contributed by atoms with Crippen molar-refractivity contribution in [3.05, 3.63) is 66.1 Å². The van der Waals surface area contributed by atoms with Gasteiger partial charge in [0.1, 0.15) is 5.82 Å². The summed E-state index contributed by atoms with van der Waals surface area (Å²) in [6, 6.07) is 9.09. The molecule has 0 unspecified atom stereocenters. The number of rotatable bonds is 5. The Labute approximate surface area is 138 Å². The predicted octanol–water partition coefficient (Wildman–Crippen LogP) is 5.48. The molecule has 124 valence electrons. The van der Waals surface area contributed by atoms with Crippen molar-refractivity contribution in [3.8, 4) is 17.0 Å². The lowest BCUT2D eigenvalue weighted by molar-refractivity contribution is -0.00566. The van der Waals surface area contributed by atoms with Crippen LogP contribution in [0.5, 0.6) is 5.75 Å². The standard InChI is InChI=1S/C16H10F4N2OS/c17-10-3-1-9(2-4-10)14-5-11(8-21-14)24-22-15-6-12(18)13(19)7-16(15)23-20/h1-8,21-22H. The van der Waals surface area contributed by atoms with Crippen molar-refractivity contribution in [3.63, 3.8) is 0 Å². The molecule has 0 amide bonds. The minimum absolute atomic E-state index is 0.0501. The maximum atomic E-state index is 13.2. The molecule has 24 heavy (non-hydrogen) atoms. The number of nitrogens with one attached hydrogen (secondary N) is 2. The van der Waals surface area contributed by atoms with Crippen LogP contribution in [-0.2, 0) is 0 Å². The van der Waals surface area contributed by atoms with Gasteiger partial charge in [-0.3, -0.25) is 4.94 Å². The van der Waals surface area contributed by atoms with Gasteiger partial charge < -0.3 is 9.71 Å². The smallest absolute Gasteiger partial charge is 0.198 e. The summed E-state index contributed by atoms with van der Waals surface area (Å²) in [5.74, 6) is -3.13. The molecule has 0 bridgehead atoms. The van der Waals surface area contributed by atoms with Crippen LogP contribution in [0.1, 0.15) is 0 Å². The van der Waals surface area contributed by atoms with Crippen LogP contribution in [0.4, 0.5) is 23.4 Å². The zero-order chi connectivity index (χ0) is 17.1. The summed E-state index contributed by atoms with van der Waals surface area (Å²) >= 11 is 1.05. The van der Waals surface area contributed by atoms with E-state index in [1.54, 1.807) is 24.4 Å². The zero-order valence-electron chi connectivity index (χ0n) is 11.9. The summed E-state index contributed by atoms with van der Waals surface area (Å²) < 4.78 is 54.3. The predicted molar refractivity (Wildman–Crippen MR) is 83.8 cm³/mol. The molecule has 0 spiro atoms. The van der Waals surface area contributed by atoms with E-state index in [0.29, 0.717) is 11.0 Å². The summed E-state index contributed by atoms with van der Waals surface area (Å²) in [7, 11) is 0. The van der Waals surface area contributed by atoms with Crippen LogP contribution in [0.15, 0.2) is 53.6 Å². The van der Waals surface area contributed by atoms with Crippen LogP contribution in [0.25, 0.3) is 11.3 Å². The number of aromatic amines is 1. The molecule has 1 heterocycles. The van der Waals surface area contributed by atoms with Crippen LogP contribution in [0, 0.1) is 17.5 Å². The number of H-pyrrole nitrogens is 1. The molecule has 0 saturated heterocycles. The average Bonchev–Trinajstić information content (AvgIpc) is 3.05. The van der Waals surface area contributed by atoms with Crippen molar-refractivity contribution < 1.29 is 22.6 Å². The molecule has 0 saturated carbocycles. The SMILES string of the molecule is FOc1cc(F)c(F)cc1NSc1c[nH]c(-c2ccc(F)cc2)c1. The van der Waals surface area contributed by atoms with E-state index in [2.05, 4.69) is 14.6 Å². The molecule has 2 N–H and O–H groups in total. The Morgan fingerprint density at radius 2 is 1.67 bits per heavy atom. The highest BCUT2D eigenvalue weighted by molar-refractivity contribution is 8.00. The summed E-state index contributed by atoms with van der Waals surface area (Å²) in [5.41, 5.74) is 1.47. The van der Waals surface area contributed by atoms with Crippen molar-refractivity contribution >= 4 is 17.6 Å². The quantitative estimate of drug-likeness (QED) is 0.470. The number of anilines is 1. The fraction of sp³-hybridized carbons (Fsp3) is 0. The molecule has 0 aliphatic carbocycles. The molecule has 0 radical (unpaired) electrons. The van der Waals surface area contributed by atoms with Gasteiger partial charge in [-0.25, -0.2) is 13.2 Å². The molecule has 0 aliphatic heterocycles. The van der Waals surface area contributed by atoms with Crippen LogP contribution in [0.3, 0.4) is 0 Å². The largest absolute Gasteiger partial charge is 0.360 e. The van der Waals surface area contributed by atoms with Crippen molar-refractivity contribution in [2.45, 2.75) is 4.90 Å². The third-order valence-electron chi connectivity index (χ3n) is 3.20. The highest BCUT2D eigenvalue weighted by Crippen LogP contribution is 2.33. The number of hydrogen-bond donors (Lipinski definition) is 2. The van der Waals surface area contributed by atoms with Gasteiger partial charge in [0.15, 0.2) is 17.4 Å². The molecule has 3 aromatic rings. The maximum absolute atomic E-state index is 13.2. The summed E-state index contributed by atoms with van der Waals surface area (Å²) in [4.78, 5) is 7.23. The monoisotopic (exact) mass is 354 g/mol. The third kappa shape index (κ3) is 3.48. The van der Waals surface area contributed by atoms with Gasteiger partial charge in [0.25, 0.3) is 0 Å². The van der Waals surface area contributed by atoms with Crippen molar-refractivity contribution in [2.75, 3.05) is 4.72 Å². The number of hydrogen-bond acceptors (Lipinski definition) is 3. The van der Waals surface area contributed by atoms with Crippen LogP contribution in [0.2, 0.25) is 0 Å². The number of halogens is 4. The van der Waals surface area contributed by atoms with Gasteiger partial charge >= 0.3 is 0 Å². The number of aromatic nitrogens is 1. The van der Waals surface area contributed by atoms with E-state index in [1.165, 1.54) is 12.1 Å². The van der Waals surface area contributed by atoms with E-state index in [1.807, 2.05) is 0 Å². The molecule has 0 aliphatic rings. The number of benzene rings is 2. The Morgan fingerprint density at radius 1 is 0.958 bits per heavy atom. The average molecular weight is 354 g/mol. The summed E-state index contributed by atoms with van der Waals surface area (Å²) in [6.07, 6.45) is 1.66. The fourth-order valence-corrected chi connectivity index (χ4v) is 2.70. The Kier molecular flexibility index (Phi) is 4.66. The zero-order valence-corrected chi connectivity index (χ0v) is 12.8. The Hall–Kier alpha value is -2.61. The lowest BCUT2D eigenvalue weighted by Gasteiger charge is -2.07. The maximum Gasteiger partial charge on any atom is 0.198 e. The lowest BCUT2D eigenvalue weighted by atomic mass is 10.1. The molecule has 0 fully saturated rings. The van der Waals surface area contributed by atoms with E-state index in [4.69, 9.17) is 0 Å². The molecule has 3 nitrogen and oxygen atoms in total. The first-order valence-corrected chi connectivity index (χ1v) is 7.53. The second-order valence-corrected chi connectivity index (χ2v) is 5.68. The molecular formula is C16H10F4N2OS. The molecule has 2 aromatic carbocycles. The molecule has 8 heteroatoms. The van der Waals surface area contributed by atoms with Gasteiger partial charge in [0, 0.05) is 33.4 Å². The Bertz CT molecular complexity index is 852. The van der Waals surface area contributed by atoms with Crippen LogP contribution < -0.4 is 9.66 Å². The van der Waals surface area contributed by atoms with E-state index in [0.717, 1.165) is 29.3 Å². The Balaban J connectivity index is 1.74. The van der Waals surface area contributed by atoms with Gasteiger partial charge in [-0.2, -0.15) is 0 Å². The van der Waals surface area contributed by atoms with E-state index in [-0.39, 0.29) is 11.5 Å². The van der Waals surface area contributed by atoms with Gasteiger partial charge in [0.2, 0.25) is 0 Å². The summed E-state index contributed by atoms with van der Waals surface area (Å²) in [5, 5.41) is 0. The topological polar surface area (TPSA) is 37.0 Å². The first-order chi connectivity index (χ1) is 11.6. The van der Waals surface area contributed by atoms with Gasteiger partial charge in [-0.15, -0.1) is 0 Å². The van der Waals surface area contributed by atoms with Crippen molar-refractivity contribution in [1.29, 1.82) is 0 Å². The third-order valence-corrected chi connectivity index (χ3v) is 3.99. The first kappa shape index (κ1) is 16.3. The minimum Gasteiger partial charge on any atom is -0.360 e. The Morgan fingerprint density at radius 3 is 2.38 bits per heavy atom. The molecule has 1 aromatic heterocycles. The van der Waals surface area contributed by atoms with E-state index >= 15 is 0 Å². The second-order valence-electron chi connectivity index (χ2n) is 4.80. The molecular weight excluding hydrogens is 344 g/mol. The van der Waals surface area contributed by atoms with E-state index < -0.39 is 17.4 Å². The van der Waals surface area contributed by atoms with Crippen molar-refractivity contribution in [2.24, 2.45) is 0 Å². The van der Waals surface area contributed by atoms with E-state index in [9.17, 15) is 17.7 Å². The van der Waals surface area contributed by atoms with Crippen LogP contribution in [-0.4, -0.2) is 4.98 Å². The highest BCUT2D eigenvalue weighted by Gasteiger charge is 2.13. The van der Waals surface area contributed by atoms with Crippen LogP contribution >= 0.6 is 11.9 Å². The fourth-order valence-electron chi connectivity index (χ4n) is 2.02. The first-order valence-electron chi connectivity index (χ1n) is 6.71. The molecule has 3 rings (SSSR count). The molecule has 0 atom stereocenters. The normalized spacial score (nSPS) is 10.7. The van der Waals surface area contributed by atoms with Gasteiger partial charge in [-0.1, -0.05) is 0 Å². The second kappa shape index (κ2) is 6.88. The highest BCUT2D eigenvalue weighted by atomic mass is 32.2. The summed E-state index contributed by atoms with van der Waals surface area (Å²) in [6.45, 7) is 0. The van der Waals surface area contributed by atoms with Gasteiger partial charge in [0.05, 0.1) is 5.69 Å². The minimum atomic E-state index is -1.21. The lowest BCUT2D eigenvalue weighted by Crippen LogP contribution is -1.94.